The smallest absolute Gasteiger partial charge is 0.318 e. The summed E-state index contributed by atoms with van der Waals surface area (Å²) in [5.41, 5.74) is 0. The monoisotopic (exact) mass is 204 g/mol. The van der Waals surface area contributed by atoms with Crippen LogP contribution < -0.4 is 0 Å². The van der Waals surface area contributed by atoms with Crippen LogP contribution in [0.1, 0.15) is 19.3 Å². The molecule has 0 bridgehead atoms. The zero-order chi connectivity index (χ0) is 9.90. The Bertz CT molecular complexity index is 315. The second kappa shape index (κ2) is 3.91. The van der Waals surface area contributed by atoms with Crippen molar-refractivity contribution in [1.82, 2.24) is 0 Å². The van der Waals surface area contributed by atoms with Gasteiger partial charge in [0, 0.05) is 0 Å². The van der Waals surface area contributed by atoms with Crippen LogP contribution in [0.2, 0.25) is 0 Å². The van der Waals surface area contributed by atoms with Crippen LogP contribution in [0, 0.1) is 0 Å². The van der Waals surface area contributed by atoms with E-state index >= 15 is 0 Å². The average molecular weight is 204 g/mol. The maximum Gasteiger partial charge on any atom is 0.318 e. The van der Waals surface area contributed by atoms with E-state index in [-0.39, 0.29) is 0 Å². The molecule has 1 aliphatic carbocycles. The van der Waals surface area contributed by atoms with E-state index in [0.717, 1.165) is 12.8 Å². The van der Waals surface area contributed by atoms with Crippen molar-refractivity contribution in [3.05, 3.63) is 12.2 Å². The normalized spacial score (nSPS) is 22.9. The van der Waals surface area contributed by atoms with Gasteiger partial charge >= 0.3 is 5.97 Å². The molecule has 0 spiro atoms. The fraction of sp³-hybridized carbons (Fsp3) is 0.625. The van der Waals surface area contributed by atoms with Gasteiger partial charge in [-0.3, -0.25) is 4.79 Å². The van der Waals surface area contributed by atoms with E-state index in [0.29, 0.717) is 6.42 Å². The van der Waals surface area contributed by atoms with Gasteiger partial charge in [0.25, 0.3) is 0 Å². The second-order valence-electron chi connectivity index (χ2n) is 3.10. The van der Waals surface area contributed by atoms with E-state index in [1.807, 2.05) is 0 Å². The van der Waals surface area contributed by atoms with Crippen LogP contribution in [0.3, 0.4) is 0 Å². The number of allylic oxidation sites excluding steroid dienone is 1. The largest absolute Gasteiger partial charge is 0.480 e. The lowest BCUT2D eigenvalue weighted by Gasteiger charge is -2.15. The zero-order valence-corrected chi connectivity index (χ0v) is 7.96. The van der Waals surface area contributed by atoms with Crippen molar-refractivity contribution in [3.8, 4) is 0 Å². The lowest BCUT2D eigenvalue weighted by atomic mass is 10.1. The summed E-state index contributed by atoms with van der Waals surface area (Å²) >= 11 is 0. The van der Waals surface area contributed by atoms with Gasteiger partial charge in [-0.05, 0) is 19.3 Å². The molecule has 1 N–H and O–H groups in total. The molecule has 0 aliphatic heterocycles. The quantitative estimate of drug-likeness (QED) is 0.683. The molecule has 13 heavy (non-hydrogen) atoms. The highest BCUT2D eigenvalue weighted by atomic mass is 32.2. The molecule has 0 saturated carbocycles. The van der Waals surface area contributed by atoms with E-state index in [4.69, 9.17) is 5.11 Å². The number of carboxylic acids is 1. The van der Waals surface area contributed by atoms with Crippen LogP contribution in [0.25, 0.3) is 0 Å². The topological polar surface area (TPSA) is 71.4 Å². The molecule has 0 amide bonds. The van der Waals surface area contributed by atoms with Gasteiger partial charge in [-0.15, -0.1) is 0 Å². The van der Waals surface area contributed by atoms with Gasteiger partial charge in [-0.25, -0.2) is 8.42 Å². The van der Waals surface area contributed by atoms with Crippen LogP contribution in [-0.4, -0.2) is 30.5 Å². The Hall–Kier alpha value is -0.840. The van der Waals surface area contributed by atoms with Gasteiger partial charge in [-0.2, -0.15) is 0 Å². The third-order valence-electron chi connectivity index (χ3n) is 2.00. The van der Waals surface area contributed by atoms with E-state index in [2.05, 4.69) is 0 Å². The molecule has 0 aromatic heterocycles. The minimum atomic E-state index is -3.47. The predicted octanol–water partition coefficient (Wildman–Crippen LogP) is 0.595. The van der Waals surface area contributed by atoms with E-state index in [1.54, 1.807) is 12.2 Å². The summed E-state index contributed by atoms with van der Waals surface area (Å²) in [4.78, 5) is 10.3. The van der Waals surface area contributed by atoms with Crippen molar-refractivity contribution in [2.45, 2.75) is 24.5 Å². The maximum atomic E-state index is 11.4. The predicted molar refractivity (Wildman–Crippen MR) is 48.2 cm³/mol. The lowest BCUT2D eigenvalue weighted by Crippen LogP contribution is -2.27. The van der Waals surface area contributed by atoms with E-state index in [9.17, 15) is 13.2 Å². The summed E-state index contributed by atoms with van der Waals surface area (Å²) in [6, 6.07) is 0. The molecule has 0 saturated heterocycles. The Morgan fingerprint density at radius 3 is 2.69 bits per heavy atom. The summed E-state index contributed by atoms with van der Waals surface area (Å²) in [6.45, 7) is 0. The van der Waals surface area contributed by atoms with Crippen LogP contribution in [0.5, 0.6) is 0 Å². The van der Waals surface area contributed by atoms with Gasteiger partial charge in [-0.1, -0.05) is 12.2 Å². The number of carboxylic acid groups (broad SMARTS) is 1. The third-order valence-corrected chi connectivity index (χ3v) is 3.96. The van der Waals surface area contributed by atoms with Gasteiger partial charge in [0.05, 0.1) is 5.25 Å². The van der Waals surface area contributed by atoms with Crippen LogP contribution >= 0.6 is 0 Å². The van der Waals surface area contributed by atoms with Gasteiger partial charge < -0.3 is 5.11 Å². The first kappa shape index (κ1) is 10.2. The fourth-order valence-corrected chi connectivity index (χ4v) is 2.79. The highest BCUT2D eigenvalue weighted by Gasteiger charge is 2.26. The molecular formula is C8H12O4S. The second-order valence-corrected chi connectivity index (χ2v) is 5.32. The summed E-state index contributed by atoms with van der Waals surface area (Å²) in [5, 5.41) is 7.79. The minimum Gasteiger partial charge on any atom is -0.480 e. The summed E-state index contributed by atoms with van der Waals surface area (Å²) in [6.07, 6.45) is 5.65. The highest BCUT2D eigenvalue weighted by Crippen LogP contribution is 2.18. The third kappa shape index (κ3) is 2.84. The molecule has 0 aromatic rings. The summed E-state index contributed by atoms with van der Waals surface area (Å²) in [5.74, 6) is -2.04. The van der Waals surface area contributed by atoms with Crippen molar-refractivity contribution in [1.29, 1.82) is 0 Å². The molecule has 1 rings (SSSR count). The lowest BCUT2D eigenvalue weighted by molar-refractivity contribution is -0.134. The standard InChI is InChI=1S/C8H12O4S/c9-8(10)6-13(11,12)7-4-2-1-3-5-7/h2,4,7H,1,3,5-6H2,(H,9,10). The number of hydrogen-bond donors (Lipinski definition) is 1. The summed E-state index contributed by atoms with van der Waals surface area (Å²) in [7, 11) is -3.47. The number of carbonyl (C=O) groups is 1. The van der Waals surface area contributed by atoms with Crippen molar-refractivity contribution >= 4 is 15.8 Å². The van der Waals surface area contributed by atoms with Crippen molar-refractivity contribution in [3.63, 3.8) is 0 Å². The molecule has 74 valence electrons. The maximum absolute atomic E-state index is 11.4. The molecule has 0 fully saturated rings. The van der Waals surface area contributed by atoms with Crippen LogP contribution in [0.15, 0.2) is 12.2 Å². The SMILES string of the molecule is O=C(O)CS(=O)(=O)C1C=CCCC1. The molecule has 0 aromatic carbocycles. The minimum absolute atomic E-state index is 0.548. The number of rotatable bonds is 3. The number of aliphatic carboxylic acids is 1. The Labute approximate surface area is 77.2 Å². The van der Waals surface area contributed by atoms with Crippen molar-refractivity contribution < 1.29 is 18.3 Å². The Kier molecular flexibility index (Phi) is 3.08. The first-order chi connectivity index (χ1) is 6.02. The Morgan fingerprint density at radius 1 is 1.54 bits per heavy atom. The van der Waals surface area contributed by atoms with E-state index < -0.39 is 26.8 Å². The molecule has 0 radical (unpaired) electrons. The molecule has 1 atom stereocenters. The van der Waals surface area contributed by atoms with Crippen molar-refractivity contribution in [2.75, 3.05) is 5.75 Å². The van der Waals surface area contributed by atoms with Crippen molar-refractivity contribution in [2.24, 2.45) is 0 Å². The van der Waals surface area contributed by atoms with Crippen LogP contribution in [-0.2, 0) is 14.6 Å². The Balaban J connectivity index is 2.74. The highest BCUT2D eigenvalue weighted by molar-refractivity contribution is 7.92. The first-order valence-electron chi connectivity index (χ1n) is 4.12. The van der Waals surface area contributed by atoms with Gasteiger partial charge in [0.1, 0.15) is 5.75 Å². The molecule has 4 nitrogen and oxygen atoms in total. The molecular weight excluding hydrogens is 192 g/mol. The number of hydrogen-bond acceptors (Lipinski definition) is 3. The van der Waals surface area contributed by atoms with Gasteiger partial charge in [0.15, 0.2) is 9.84 Å². The van der Waals surface area contributed by atoms with Gasteiger partial charge in [0.2, 0.25) is 0 Å². The first-order valence-corrected chi connectivity index (χ1v) is 5.84. The van der Waals surface area contributed by atoms with E-state index in [1.165, 1.54) is 0 Å². The van der Waals surface area contributed by atoms with Crippen LogP contribution in [0.4, 0.5) is 0 Å². The summed E-state index contributed by atoms with van der Waals surface area (Å²) < 4.78 is 22.7. The molecule has 0 heterocycles. The fourth-order valence-electron chi connectivity index (χ4n) is 1.36. The average Bonchev–Trinajstić information content (AvgIpc) is 2.04. The molecule has 1 aliphatic rings. The molecule has 1 unspecified atom stereocenters. The Morgan fingerprint density at radius 2 is 2.23 bits per heavy atom. The molecule has 5 heteroatoms. The number of sulfone groups is 1. The zero-order valence-electron chi connectivity index (χ0n) is 7.14.